The van der Waals surface area contributed by atoms with Crippen LogP contribution in [0.1, 0.15) is 69.4 Å². The predicted molar refractivity (Wildman–Crippen MR) is 293 cm³/mol. The summed E-state index contributed by atoms with van der Waals surface area (Å²) < 4.78 is 60.5. The highest BCUT2D eigenvalue weighted by molar-refractivity contribution is 7.98. The maximum atomic E-state index is 14.0. The van der Waals surface area contributed by atoms with Crippen LogP contribution in [-0.2, 0) is 48.5 Å². The van der Waals surface area contributed by atoms with Gasteiger partial charge in [0.25, 0.3) is 0 Å². The number of amides is 1. The van der Waals surface area contributed by atoms with E-state index in [0.717, 1.165) is 57.9 Å². The molecule has 0 spiro atoms. The minimum Gasteiger partial charge on any atom is -0.493 e. The average molecular weight is 1100 g/mol. The lowest BCUT2D eigenvalue weighted by atomic mass is 9.95. The van der Waals surface area contributed by atoms with E-state index in [1.54, 1.807) is 59.8 Å². The molecule has 0 saturated carbocycles. The van der Waals surface area contributed by atoms with Gasteiger partial charge in [-0.15, -0.1) is 23.5 Å². The number of rotatable bonds is 15. The molecule has 0 bridgehead atoms. The summed E-state index contributed by atoms with van der Waals surface area (Å²) >= 11 is 2.78. The molecule has 0 radical (unpaired) electrons. The van der Waals surface area contributed by atoms with Gasteiger partial charge in [-0.1, -0.05) is 24.3 Å². The van der Waals surface area contributed by atoms with E-state index < -0.39 is 23.6 Å². The molecule has 15 nitrogen and oxygen atoms in total. The maximum absolute atomic E-state index is 14.0. The molecule has 2 atom stereocenters. The summed E-state index contributed by atoms with van der Waals surface area (Å²) in [6.45, 7) is -0.611. The molecule has 6 N–H and O–H groups in total. The lowest BCUT2D eigenvalue weighted by Crippen LogP contribution is -2.30. The quantitative estimate of drug-likeness (QED) is 0.0606. The smallest absolute Gasteiger partial charge is 0.307 e. The van der Waals surface area contributed by atoms with Crippen LogP contribution in [0, 0.1) is 11.6 Å². The Morgan fingerprint density at radius 3 is 1.44 bits per heavy atom. The van der Waals surface area contributed by atoms with E-state index in [2.05, 4.69) is 5.32 Å². The third kappa shape index (κ3) is 13.9. The number of hydrogen-bond acceptors (Lipinski definition) is 15. The molecule has 2 aliphatic rings. The zero-order valence-corrected chi connectivity index (χ0v) is 45.6. The number of methoxy groups -OCH3 is 6. The number of carboxylic acids is 1. The van der Waals surface area contributed by atoms with Crippen molar-refractivity contribution in [2.75, 3.05) is 55.2 Å². The normalized spacial score (nSPS) is 13.9. The second kappa shape index (κ2) is 27.2. The molecule has 77 heavy (non-hydrogen) atoms. The molecule has 0 heterocycles. The van der Waals surface area contributed by atoms with Gasteiger partial charge in [0, 0.05) is 17.2 Å². The van der Waals surface area contributed by atoms with Gasteiger partial charge in [-0.05, 0) is 154 Å². The third-order valence-electron chi connectivity index (χ3n) is 12.9. The molecule has 19 heteroatoms. The summed E-state index contributed by atoms with van der Waals surface area (Å²) in [5.74, 6) is 0.808. The number of fused-ring (bicyclic) bond motifs is 6. The summed E-state index contributed by atoms with van der Waals surface area (Å²) in [5.41, 5.74) is 14.7. The van der Waals surface area contributed by atoms with Crippen molar-refractivity contribution in [2.24, 2.45) is 5.73 Å². The van der Waals surface area contributed by atoms with Gasteiger partial charge in [-0.2, -0.15) is 0 Å². The number of nitrogens with one attached hydrogen (secondary N) is 1. The van der Waals surface area contributed by atoms with Gasteiger partial charge in [0.05, 0.1) is 84.5 Å². The van der Waals surface area contributed by atoms with Gasteiger partial charge in [0.1, 0.15) is 11.6 Å². The molecule has 0 fully saturated rings. The fourth-order valence-electron chi connectivity index (χ4n) is 9.54. The maximum Gasteiger partial charge on any atom is 0.307 e. The molecule has 0 aliphatic heterocycles. The summed E-state index contributed by atoms with van der Waals surface area (Å²) in [4.78, 5) is 50.3. The fourth-order valence-corrected chi connectivity index (χ4v) is 10.5. The van der Waals surface area contributed by atoms with Crippen LogP contribution in [0.15, 0.2) is 104 Å². The molecule has 1 amide bonds. The number of nitrogens with two attached hydrogens (primary N) is 1. The van der Waals surface area contributed by atoms with Gasteiger partial charge < -0.3 is 54.8 Å². The van der Waals surface area contributed by atoms with E-state index in [1.807, 2.05) is 42.8 Å². The van der Waals surface area contributed by atoms with Crippen LogP contribution in [-0.4, -0.2) is 82.4 Å². The largest absolute Gasteiger partial charge is 0.493 e. The standard InChI is InChI=1S/C29H30FNO6S.C20H23NO4S.C9H9FO3/c1-35-24-13-18-5-7-22(31-26(34)12-16-9-17(15-32)11-19(30)10-16)21-14-23(33)25(38-4)8-6-20(21)27(18)29(37-3)28(24)36-2;1-23-16-9-11-5-7-14(21)13-10-15(22)17(26-4)8-6-12(13)18(11)20(25-3)19(16)24-2;10-8-2-6(4-9(12)13)1-7(3-8)5-11/h6,8-11,13-14,22,32H,5,7,12,15H2,1-4H3,(H,31,34);6,8-10,14H,5,7,21H2,1-4H3;1-3,11H,4-5H2,(H,12,13)/t22-;14-;/m00./s1. The van der Waals surface area contributed by atoms with Gasteiger partial charge in [-0.3, -0.25) is 19.2 Å². The van der Waals surface area contributed by atoms with Crippen LogP contribution >= 0.6 is 23.5 Å². The van der Waals surface area contributed by atoms with Crippen molar-refractivity contribution < 1.29 is 62.1 Å². The lowest BCUT2D eigenvalue weighted by molar-refractivity contribution is -0.136. The first-order valence-corrected chi connectivity index (χ1v) is 26.6. The summed E-state index contributed by atoms with van der Waals surface area (Å²) in [5, 5.41) is 29.6. The van der Waals surface area contributed by atoms with Crippen molar-refractivity contribution in [3.63, 3.8) is 0 Å². The zero-order valence-electron chi connectivity index (χ0n) is 44.0. The van der Waals surface area contributed by atoms with Crippen molar-refractivity contribution in [3.8, 4) is 56.8 Å². The number of carbonyl (C=O) groups is 2. The van der Waals surface area contributed by atoms with E-state index in [1.165, 1.54) is 54.9 Å². The molecular formula is C58H62F2N2O13S2. The topological polar surface area (TPSA) is 222 Å². The number of aliphatic carboxylic acids is 1. The van der Waals surface area contributed by atoms with Crippen molar-refractivity contribution in [2.45, 2.75) is 73.6 Å². The predicted octanol–water partition coefficient (Wildman–Crippen LogP) is 8.79. The van der Waals surface area contributed by atoms with E-state index in [-0.39, 0.29) is 48.9 Å². The minimum atomic E-state index is -1.02. The zero-order chi connectivity index (χ0) is 56.1. The van der Waals surface area contributed by atoms with E-state index in [9.17, 15) is 33.1 Å². The monoisotopic (exact) mass is 1100 g/mol. The number of ether oxygens (including phenoxy) is 6. The molecule has 408 valence electrons. The summed E-state index contributed by atoms with van der Waals surface area (Å²) in [6.07, 6.45) is 5.99. The number of thioether (sulfide) groups is 2. The molecule has 2 aliphatic carbocycles. The molecule has 0 unspecified atom stereocenters. The van der Waals surface area contributed by atoms with Gasteiger partial charge in [0.15, 0.2) is 33.9 Å². The van der Waals surface area contributed by atoms with E-state index >= 15 is 0 Å². The average Bonchev–Trinajstić information content (AvgIpc) is 3.84. The number of aliphatic hydroxyl groups excluding tert-OH is 2. The van der Waals surface area contributed by atoms with Crippen LogP contribution in [0.5, 0.6) is 34.5 Å². The van der Waals surface area contributed by atoms with Crippen LogP contribution in [0.2, 0.25) is 0 Å². The molecule has 6 aromatic rings. The van der Waals surface area contributed by atoms with E-state index in [4.69, 9.17) is 44.4 Å². The number of halogens is 2. The van der Waals surface area contributed by atoms with Gasteiger partial charge >= 0.3 is 5.97 Å². The molecule has 6 aromatic carbocycles. The minimum absolute atomic E-state index is 0.0166. The van der Waals surface area contributed by atoms with Crippen molar-refractivity contribution >= 4 is 35.4 Å². The lowest BCUT2D eigenvalue weighted by Gasteiger charge is -2.20. The Bertz CT molecular complexity index is 3270. The van der Waals surface area contributed by atoms with Crippen LogP contribution < -0.4 is 50.3 Å². The summed E-state index contributed by atoms with van der Waals surface area (Å²) in [6, 6.07) is 21.7. The third-order valence-corrected chi connectivity index (χ3v) is 14.5. The van der Waals surface area contributed by atoms with Gasteiger partial charge in [0.2, 0.25) is 17.4 Å². The molecule has 0 aromatic heterocycles. The van der Waals surface area contributed by atoms with Crippen molar-refractivity contribution in [1.82, 2.24) is 5.32 Å². The molecule has 8 rings (SSSR count). The highest BCUT2D eigenvalue weighted by Gasteiger charge is 2.31. The number of benzene rings is 4. The van der Waals surface area contributed by atoms with Crippen molar-refractivity contribution in [1.29, 1.82) is 0 Å². The Morgan fingerprint density at radius 1 is 0.584 bits per heavy atom. The Hall–Kier alpha value is -7.16. The fraction of sp³-hybridized carbons (Fsp3) is 0.310. The Kier molecular flexibility index (Phi) is 20.9. The number of carboxylic acid groups (broad SMARTS) is 1. The van der Waals surface area contributed by atoms with Crippen molar-refractivity contribution in [3.05, 3.63) is 162 Å². The second-order valence-corrected chi connectivity index (χ2v) is 19.4. The number of carbonyl (C=O) groups excluding carboxylic acids is 1. The Morgan fingerprint density at radius 2 is 1.01 bits per heavy atom. The molecule has 0 saturated heterocycles. The van der Waals surface area contributed by atoms with E-state index in [0.29, 0.717) is 84.9 Å². The highest BCUT2D eigenvalue weighted by Crippen LogP contribution is 2.51. The van der Waals surface area contributed by atoms with Gasteiger partial charge in [-0.25, -0.2) is 8.78 Å². The summed E-state index contributed by atoms with van der Waals surface area (Å²) in [7, 11) is 9.44. The highest BCUT2D eigenvalue weighted by atomic mass is 32.2. The molecular weight excluding hydrogens is 1030 g/mol. The second-order valence-electron chi connectivity index (χ2n) is 17.7. The first-order chi connectivity index (χ1) is 37.0. The number of aliphatic hydroxyl groups is 2. The first kappa shape index (κ1) is 59.1. The first-order valence-electron chi connectivity index (χ1n) is 24.1. The SMILES string of the molecule is COc1cc2c(c(OC)c1OC)-c1ccc(SC)c(=O)cc1[C@@H](N)CC2.COc1cc2c(c(OC)c1OC)-c1ccc(SC)c(=O)cc1[C@@H](NC(=O)Cc1cc(F)cc(CO)c1)CC2.O=C(O)Cc1cc(F)cc(CO)c1. The number of aryl methyl sites for hydroxylation is 2. The van der Waals surface area contributed by atoms with Crippen LogP contribution in [0.25, 0.3) is 22.3 Å². The number of hydrogen-bond donors (Lipinski definition) is 5. The van der Waals surface area contributed by atoms with Crippen LogP contribution in [0.3, 0.4) is 0 Å². The van der Waals surface area contributed by atoms with Crippen LogP contribution in [0.4, 0.5) is 8.78 Å². The Balaban J connectivity index is 0.000000211. The Labute approximate surface area is 453 Å².